The van der Waals surface area contributed by atoms with E-state index in [0.717, 1.165) is 28.3 Å². The zero-order chi connectivity index (χ0) is 23.7. The van der Waals surface area contributed by atoms with E-state index in [4.69, 9.17) is 0 Å². The fourth-order valence-corrected chi connectivity index (χ4v) is 6.25. The maximum absolute atomic E-state index is 13.3. The van der Waals surface area contributed by atoms with Crippen molar-refractivity contribution in [1.29, 1.82) is 0 Å². The maximum Gasteiger partial charge on any atom is 0.246 e. The number of anilines is 1. The first-order chi connectivity index (χ1) is 14.9. The number of halogens is 1. The Morgan fingerprint density at radius 2 is 1.47 bits per heavy atom. The molecule has 0 bridgehead atoms. The van der Waals surface area contributed by atoms with E-state index in [1.807, 2.05) is 6.92 Å². The lowest BCUT2D eigenvalue weighted by molar-refractivity contribution is -0.133. The number of hydrogen-bond donors (Lipinski definition) is 0. The van der Waals surface area contributed by atoms with Gasteiger partial charge in [0.1, 0.15) is 11.9 Å². The number of carbonyl (C=O) groups excluding carboxylic acids is 1. The van der Waals surface area contributed by atoms with E-state index in [9.17, 15) is 26.0 Å². The Morgan fingerprint density at radius 1 is 0.938 bits per heavy atom. The number of nitrogens with zero attached hydrogens (tertiary/aromatic N) is 3. The van der Waals surface area contributed by atoms with Crippen molar-refractivity contribution in [3.63, 3.8) is 0 Å². The van der Waals surface area contributed by atoms with Gasteiger partial charge in [-0.3, -0.25) is 9.10 Å². The predicted molar refractivity (Wildman–Crippen MR) is 120 cm³/mol. The van der Waals surface area contributed by atoms with Gasteiger partial charge in [-0.1, -0.05) is 17.7 Å². The van der Waals surface area contributed by atoms with Crippen molar-refractivity contribution in [1.82, 2.24) is 9.21 Å². The number of piperazine rings is 1. The molecule has 8 nitrogen and oxygen atoms in total. The van der Waals surface area contributed by atoms with Gasteiger partial charge < -0.3 is 4.90 Å². The molecule has 0 radical (unpaired) electrons. The molecule has 1 aliphatic rings. The minimum atomic E-state index is -3.83. The number of benzene rings is 2. The van der Waals surface area contributed by atoms with E-state index in [1.165, 1.54) is 28.3 Å². The predicted octanol–water partition coefficient (Wildman–Crippen LogP) is 1.82. The number of carbonyl (C=O) groups is 1. The van der Waals surface area contributed by atoms with Crippen LogP contribution in [0.4, 0.5) is 10.1 Å². The Morgan fingerprint density at radius 3 is 1.97 bits per heavy atom. The number of hydrogen-bond acceptors (Lipinski definition) is 5. The first-order valence-corrected chi connectivity index (χ1v) is 13.3. The molecule has 0 aliphatic carbocycles. The summed E-state index contributed by atoms with van der Waals surface area (Å²) in [6.45, 7) is 3.80. The van der Waals surface area contributed by atoms with Gasteiger partial charge in [-0.15, -0.1) is 0 Å². The number of sulfonamides is 2. The van der Waals surface area contributed by atoms with Gasteiger partial charge in [0.2, 0.25) is 26.0 Å². The van der Waals surface area contributed by atoms with Crippen molar-refractivity contribution < 1.29 is 26.0 Å². The first-order valence-electron chi connectivity index (χ1n) is 10.0. The van der Waals surface area contributed by atoms with Crippen LogP contribution in [-0.2, 0) is 24.8 Å². The summed E-state index contributed by atoms with van der Waals surface area (Å²) in [5.74, 6) is -0.973. The minimum Gasteiger partial charge on any atom is -0.338 e. The molecule has 2 aromatic carbocycles. The molecule has 2 aromatic rings. The summed E-state index contributed by atoms with van der Waals surface area (Å²) in [6.07, 6.45) is 0.978. The summed E-state index contributed by atoms with van der Waals surface area (Å²) >= 11 is 0. The van der Waals surface area contributed by atoms with E-state index in [2.05, 4.69) is 0 Å². The highest BCUT2D eigenvalue weighted by Gasteiger charge is 2.35. The van der Waals surface area contributed by atoms with Gasteiger partial charge in [-0.05, 0) is 50.2 Å². The summed E-state index contributed by atoms with van der Waals surface area (Å²) in [5, 5.41) is 0. The van der Waals surface area contributed by atoms with E-state index >= 15 is 0 Å². The average molecular weight is 484 g/mol. The van der Waals surface area contributed by atoms with Crippen molar-refractivity contribution >= 4 is 31.6 Å². The third kappa shape index (κ3) is 5.11. The van der Waals surface area contributed by atoms with Gasteiger partial charge >= 0.3 is 0 Å². The van der Waals surface area contributed by atoms with Crippen LogP contribution in [0.1, 0.15) is 12.5 Å². The van der Waals surface area contributed by atoms with Gasteiger partial charge in [0.15, 0.2) is 0 Å². The smallest absolute Gasteiger partial charge is 0.246 e. The highest BCUT2D eigenvalue weighted by Crippen LogP contribution is 2.23. The normalized spacial score (nSPS) is 16.6. The Kier molecular flexibility index (Phi) is 6.91. The average Bonchev–Trinajstić information content (AvgIpc) is 2.74. The number of amides is 1. The summed E-state index contributed by atoms with van der Waals surface area (Å²) in [4.78, 5) is 14.7. The molecule has 0 aromatic heterocycles. The van der Waals surface area contributed by atoms with Gasteiger partial charge in [-0.2, -0.15) is 4.31 Å². The first kappa shape index (κ1) is 24.1. The molecule has 1 saturated heterocycles. The number of rotatable bonds is 6. The van der Waals surface area contributed by atoms with E-state index in [-0.39, 0.29) is 36.8 Å². The monoisotopic (exact) mass is 483 g/mol. The second-order valence-corrected chi connectivity index (χ2v) is 11.6. The molecule has 174 valence electrons. The zero-order valence-electron chi connectivity index (χ0n) is 18.1. The van der Waals surface area contributed by atoms with Crippen LogP contribution in [0, 0.1) is 12.7 Å². The molecule has 1 aliphatic heterocycles. The second kappa shape index (κ2) is 9.16. The summed E-state index contributed by atoms with van der Waals surface area (Å²) in [5.41, 5.74) is 1.13. The molecule has 0 N–H and O–H groups in total. The third-order valence-corrected chi connectivity index (χ3v) is 8.51. The van der Waals surface area contributed by atoms with Crippen LogP contribution >= 0.6 is 0 Å². The Bertz CT molecular complexity index is 1170. The lowest BCUT2D eigenvalue weighted by Gasteiger charge is -2.37. The molecule has 0 unspecified atom stereocenters. The summed E-state index contributed by atoms with van der Waals surface area (Å²) in [7, 11) is -7.51. The molecule has 0 spiro atoms. The molecule has 1 atom stereocenters. The third-order valence-electron chi connectivity index (χ3n) is 5.36. The molecule has 32 heavy (non-hydrogen) atoms. The summed E-state index contributed by atoms with van der Waals surface area (Å²) < 4.78 is 66.0. The van der Waals surface area contributed by atoms with Crippen LogP contribution in [0.25, 0.3) is 0 Å². The lowest BCUT2D eigenvalue weighted by Crippen LogP contribution is -2.56. The van der Waals surface area contributed by atoms with Crippen LogP contribution in [-0.4, -0.2) is 70.4 Å². The van der Waals surface area contributed by atoms with Crippen molar-refractivity contribution in [2.24, 2.45) is 0 Å². The molecule has 3 rings (SSSR count). The maximum atomic E-state index is 13.3. The summed E-state index contributed by atoms with van der Waals surface area (Å²) in [6, 6.07) is 10.3. The molecule has 1 heterocycles. The quantitative estimate of drug-likeness (QED) is 0.625. The highest BCUT2D eigenvalue weighted by molar-refractivity contribution is 7.92. The van der Waals surface area contributed by atoms with Gasteiger partial charge in [-0.25, -0.2) is 21.2 Å². The molecule has 1 fully saturated rings. The fourth-order valence-electron chi connectivity index (χ4n) is 3.66. The van der Waals surface area contributed by atoms with E-state index in [1.54, 1.807) is 24.3 Å². The van der Waals surface area contributed by atoms with Crippen LogP contribution in [0.3, 0.4) is 0 Å². The highest BCUT2D eigenvalue weighted by atomic mass is 32.2. The largest absolute Gasteiger partial charge is 0.338 e. The Hall–Kier alpha value is -2.50. The Balaban J connectivity index is 1.73. The van der Waals surface area contributed by atoms with Crippen LogP contribution in [0.5, 0.6) is 0 Å². The van der Waals surface area contributed by atoms with Gasteiger partial charge in [0.25, 0.3) is 0 Å². The molecule has 0 saturated carbocycles. The SMILES string of the molecule is Cc1ccc(S(=O)(=O)N2CCN(C(=O)[C@H](C)N(c3ccc(F)cc3)S(C)(=O)=O)CC2)cc1. The standard InChI is InChI=1S/C21H26FN3O5S2/c1-16-4-10-20(11-5-16)32(29,30)24-14-12-23(13-15-24)21(26)17(2)25(31(3,27)28)19-8-6-18(22)7-9-19/h4-11,17H,12-15H2,1-3H3/t17-/m0/s1. The molecule has 1 amide bonds. The van der Waals surface area contributed by atoms with Crippen LogP contribution in [0.2, 0.25) is 0 Å². The zero-order valence-corrected chi connectivity index (χ0v) is 19.7. The molecular weight excluding hydrogens is 457 g/mol. The second-order valence-electron chi connectivity index (χ2n) is 7.75. The van der Waals surface area contributed by atoms with E-state index in [0.29, 0.717) is 0 Å². The van der Waals surface area contributed by atoms with Crippen molar-refractivity contribution in [2.45, 2.75) is 24.8 Å². The van der Waals surface area contributed by atoms with Crippen molar-refractivity contribution in [2.75, 3.05) is 36.7 Å². The van der Waals surface area contributed by atoms with E-state index < -0.39 is 37.8 Å². The van der Waals surface area contributed by atoms with Crippen molar-refractivity contribution in [3.05, 3.63) is 59.9 Å². The van der Waals surface area contributed by atoms with Gasteiger partial charge in [0, 0.05) is 26.2 Å². The lowest BCUT2D eigenvalue weighted by atomic mass is 10.2. The topological polar surface area (TPSA) is 95.1 Å². The Labute approximate surface area is 188 Å². The van der Waals surface area contributed by atoms with Gasteiger partial charge in [0.05, 0.1) is 16.8 Å². The number of aryl methyl sites for hydroxylation is 1. The molecular formula is C21H26FN3O5S2. The van der Waals surface area contributed by atoms with Crippen LogP contribution < -0.4 is 4.31 Å². The minimum absolute atomic E-state index is 0.101. The van der Waals surface area contributed by atoms with Crippen LogP contribution in [0.15, 0.2) is 53.4 Å². The fraction of sp³-hybridized carbons (Fsp3) is 0.381. The van der Waals surface area contributed by atoms with Crippen molar-refractivity contribution in [3.8, 4) is 0 Å². The molecule has 11 heteroatoms.